The number of nitrogens with zero attached hydrogens (tertiary/aromatic N) is 5. The minimum atomic E-state index is 0.755. The van der Waals surface area contributed by atoms with Crippen LogP contribution in [0.3, 0.4) is 0 Å². The van der Waals surface area contributed by atoms with Crippen LogP contribution in [0, 0.1) is 6.92 Å². The predicted octanol–water partition coefficient (Wildman–Crippen LogP) is 7.00. The van der Waals surface area contributed by atoms with Crippen LogP contribution >= 0.6 is 34.4 Å². The molecule has 3 aromatic heterocycles. The molecule has 166 valence electrons. The van der Waals surface area contributed by atoms with Gasteiger partial charge in [-0.05, 0) is 55.1 Å². The number of hydrogen-bond acceptors (Lipinski definition) is 8. The van der Waals surface area contributed by atoms with Crippen LogP contribution in [-0.4, -0.2) is 26.0 Å². The molecule has 0 fully saturated rings. The Bertz CT molecular complexity index is 1560. The van der Waals surface area contributed by atoms with E-state index < -0.39 is 0 Å². The molecule has 6 rings (SSSR count). The van der Waals surface area contributed by atoms with Crippen LogP contribution < -0.4 is 5.43 Å². The van der Waals surface area contributed by atoms with Crippen LogP contribution in [0.2, 0.25) is 0 Å². The van der Waals surface area contributed by atoms with E-state index in [0.717, 1.165) is 47.2 Å². The van der Waals surface area contributed by atoms with E-state index in [1.807, 2.05) is 72.4 Å². The van der Waals surface area contributed by atoms with Gasteiger partial charge in [0, 0.05) is 0 Å². The van der Waals surface area contributed by atoms with Gasteiger partial charge < -0.3 is 0 Å². The Morgan fingerprint density at radius 2 is 1.53 bits per heavy atom. The number of hydrogen-bond donors (Lipinski definition) is 1. The quantitative estimate of drug-likeness (QED) is 0.198. The van der Waals surface area contributed by atoms with Crippen LogP contribution in [0.4, 0.5) is 5.13 Å². The van der Waals surface area contributed by atoms with Crippen molar-refractivity contribution in [2.24, 2.45) is 5.10 Å². The third-order valence-corrected chi connectivity index (χ3v) is 8.29. The first kappa shape index (κ1) is 21.0. The number of fused-ring (bicyclic) bond motifs is 2. The van der Waals surface area contributed by atoms with Gasteiger partial charge in [0.1, 0.15) is 5.03 Å². The molecule has 0 radical (unpaired) electrons. The third kappa shape index (κ3) is 4.09. The van der Waals surface area contributed by atoms with Gasteiger partial charge in [-0.25, -0.2) is 14.6 Å². The lowest BCUT2D eigenvalue weighted by Gasteiger charge is -2.06. The molecule has 9 heteroatoms. The van der Waals surface area contributed by atoms with E-state index in [1.54, 1.807) is 34.4 Å². The summed E-state index contributed by atoms with van der Waals surface area (Å²) in [4.78, 5) is 9.41. The summed E-state index contributed by atoms with van der Waals surface area (Å²) < 4.78 is 5.22. The molecule has 0 spiro atoms. The minimum Gasteiger partial charge on any atom is -0.253 e. The largest absolute Gasteiger partial charge is 0.253 e. The van der Waals surface area contributed by atoms with Crippen LogP contribution in [0.25, 0.3) is 26.1 Å². The van der Waals surface area contributed by atoms with Crippen LogP contribution in [0.1, 0.15) is 11.3 Å². The first-order chi connectivity index (χ1) is 16.7. The van der Waals surface area contributed by atoms with E-state index in [4.69, 9.17) is 10.1 Å². The van der Waals surface area contributed by atoms with Gasteiger partial charge in [0.2, 0.25) is 5.13 Å². The van der Waals surface area contributed by atoms with Gasteiger partial charge in [-0.1, -0.05) is 53.8 Å². The number of hydrazone groups is 1. The Hall–Kier alpha value is -3.53. The predicted molar refractivity (Wildman–Crippen MR) is 143 cm³/mol. The fraction of sp³-hybridized carbons (Fsp3) is 0.0400. The zero-order valence-corrected chi connectivity index (χ0v) is 20.5. The number of aryl methyl sites for hydroxylation is 1. The molecule has 3 heterocycles. The van der Waals surface area contributed by atoms with Crippen molar-refractivity contribution in [3.05, 3.63) is 90.1 Å². The first-order valence-corrected chi connectivity index (χ1v) is 13.0. The average molecular weight is 499 g/mol. The minimum absolute atomic E-state index is 0.755. The molecule has 0 bridgehead atoms. The molecular weight excluding hydrogens is 481 g/mol. The summed E-state index contributed by atoms with van der Waals surface area (Å²) in [5.74, 6) is 0. The van der Waals surface area contributed by atoms with Crippen molar-refractivity contribution in [2.45, 2.75) is 16.3 Å². The van der Waals surface area contributed by atoms with Crippen molar-refractivity contribution < 1.29 is 0 Å². The Morgan fingerprint density at radius 3 is 2.26 bits per heavy atom. The van der Waals surface area contributed by atoms with Crippen molar-refractivity contribution in [1.82, 2.24) is 19.7 Å². The number of nitrogens with one attached hydrogen (secondary N) is 1. The number of benzene rings is 3. The van der Waals surface area contributed by atoms with Crippen molar-refractivity contribution in [2.75, 3.05) is 5.43 Å². The van der Waals surface area contributed by atoms with Crippen LogP contribution in [0.5, 0.6) is 0 Å². The van der Waals surface area contributed by atoms with E-state index in [0.29, 0.717) is 0 Å². The Labute approximate surface area is 208 Å². The van der Waals surface area contributed by atoms with E-state index in [9.17, 15) is 0 Å². The maximum Gasteiger partial charge on any atom is 0.204 e. The maximum absolute atomic E-state index is 4.83. The summed E-state index contributed by atoms with van der Waals surface area (Å²) in [6.45, 7) is 2.00. The summed E-state index contributed by atoms with van der Waals surface area (Å²) in [5, 5.41) is 11.1. The molecule has 6 aromatic rings. The molecule has 34 heavy (non-hydrogen) atoms. The lowest BCUT2D eigenvalue weighted by atomic mass is 10.3. The molecule has 0 amide bonds. The standard InChI is InChI=1S/C25H18N6S3/c1-16-18(15-26-29-24-27-19-11-5-7-13-21(19)32-24)23(31(30-16)17-9-3-2-4-10-17)34-25-28-20-12-6-8-14-22(20)33-25/h2-15H,1H3,(H,27,29). The highest BCUT2D eigenvalue weighted by atomic mass is 32.2. The molecule has 0 aliphatic rings. The fourth-order valence-corrected chi connectivity index (χ4v) is 6.60. The van der Waals surface area contributed by atoms with Crippen molar-refractivity contribution in [3.63, 3.8) is 0 Å². The number of para-hydroxylation sites is 3. The second-order valence-electron chi connectivity index (χ2n) is 7.46. The SMILES string of the molecule is Cc1nn(-c2ccccc2)c(Sc2nc3ccccc3s2)c1C=NNc1nc2ccccc2s1. The van der Waals surface area contributed by atoms with Crippen molar-refractivity contribution >= 4 is 66.2 Å². The Kier molecular flexibility index (Phi) is 5.58. The average Bonchev–Trinajstić information content (AvgIpc) is 3.55. The van der Waals surface area contributed by atoms with Gasteiger partial charge in [0.05, 0.1) is 43.6 Å². The van der Waals surface area contributed by atoms with Crippen molar-refractivity contribution in [3.8, 4) is 5.69 Å². The smallest absolute Gasteiger partial charge is 0.204 e. The van der Waals surface area contributed by atoms with E-state index in [1.165, 1.54) is 4.70 Å². The molecule has 0 atom stereocenters. The van der Waals surface area contributed by atoms with Gasteiger partial charge in [-0.2, -0.15) is 10.2 Å². The van der Waals surface area contributed by atoms with Gasteiger partial charge in [-0.3, -0.25) is 5.43 Å². The number of aromatic nitrogens is 4. The van der Waals surface area contributed by atoms with E-state index >= 15 is 0 Å². The second-order valence-corrected chi connectivity index (χ2v) is 10.8. The molecule has 0 saturated heterocycles. The summed E-state index contributed by atoms with van der Waals surface area (Å²) in [7, 11) is 0. The first-order valence-electron chi connectivity index (χ1n) is 10.6. The highest BCUT2D eigenvalue weighted by Gasteiger charge is 2.18. The summed E-state index contributed by atoms with van der Waals surface area (Å²) >= 11 is 4.87. The Morgan fingerprint density at radius 1 is 0.853 bits per heavy atom. The van der Waals surface area contributed by atoms with E-state index in [2.05, 4.69) is 39.8 Å². The molecule has 0 aliphatic heterocycles. The molecule has 3 aromatic carbocycles. The Balaban J connectivity index is 1.37. The fourth-order valence-electron chi connectivity index (χ4n) is 3.56. The molecule has 0 saturated carbocycles. The molecular formula is C25H18N6S3. The highest BCUT2D eigenvalue weighted by Crippen LogP contribution is 2.37. The van der Waals surface area contributed by atoms with Crippen LogP contribution in [0.15, 0.2) is 93.3 Å². The van der Waals surface area contributed by atoms with Crippen molar-refractivity contribution in [1.29, 1.82) is 0 Å². The number of anilines is 1. The summed E-state index contributed by atoms with van der Waals surface area (Å²) in [5.41, 5.74) is 7.89. The zero-order chi connectivity index (χ0) is 22.9. The molecule has 6 nitrogen and oxygen atoms in total. The molecule has 0 aliphatic carbocycles. The van der Waals surface area contributed by atoms with Crippen LogP contribution in [-0.2, 0) is 0 Å². The number of rotatable bonds is 6. The lowest BCUT2D eigenvalue weighted by molar-refractivity contribution is 0.793. The highest BCUT2D eigenvalue weighted by molar-refractivity contribution is 8.01. The number of thiazole rings is 2. The second kappa shape index (κ2) is 9.02. The maximum atomic E-state index is 4.83. The molecule has 1 N–H and O–H groups in total. The third-order valence-electron chi connectivity index (χ3n) is 5.17. The van der Waals surface area contributed by atoms with Gasteiger partial charge in [-0.15, -0.1) is 11.3 Å². The lowest BCUT2D eigenvalue weighted by Crippen LogP contribution is -1.99. The summed E-state index contributed by atoms with van der Waals surface area (Å²) in [6, 6.07) is 26.4. The van der Waals surface area contributed by atoms with Gasteiger partial charge in [0.25, 0.3) is 0 Å². The summed E-state index contributed by atoms with van der Waals surface area (Å²) in [6.07, 6.45) is 1.82. The molecule has 0 unspecified atom stereocenters. The van der Waals surface area contributed by atoms with Gasteiger partial charge >= 0.3 is 0 Å². The monoisotopic (exact) mass is 498 g/mol. The van der Waals surface area contributed by atoms with E-state index in [-0.39, 0.29) is 0 Å². The van der Waals surface area contributed by atoms with Gasteiger partial charge in [0.15, 0.2) is 4.34 Å². The topological polar surface area (TPSA) is 68.0 Å². The zero-order valence-electron chi connectivity index (χ0n) is 18.0. The normalized spacial score (nSPS) is 11.7.